The average molecular weight is 412 g/mol. The van der Waals surface area contributed by atoms with Crippen LogP contribution in [0.5, 0.6) is 5.75 Å². The lowest BCUT2D eigenvalue weighted by Gasteiger charge is -2.27. The van der Waals surface area contributed by atoms with Crippen LogP contribution in [-0.2, 0) is 17.7 Å². The van der Waals surface area contributed by atoms with E-state index in [0.717, 1.165) is 44.7 Å². The van der Waals surface area contributed by atoms with Gasteiger partial charge in [0.05, 0.1) is 6.10 Å². The lowest BCUT2D eigenvalue weighted by Crippen LogP contribution is -2.39. The zero-order valence-corrected chi connectivity index (χ0v) is 18.7. The van der Waals surface area contributed by atoms with Gasteiger partial charge in [-0.15, -0.1) is 0 Å². The first-order chi connectivity index (χ1) is 14.5. The Hall–Kier alpha value is -1.88. The number of hydrogen-bond donors (Lipinski definition) is 1. The molecule has 0 bridgehead atoms. The van der Waals surface area contributed by atoms with Gasteiger partial charge in [0.1, 0.15) is 18.5 Å². The molecule has 0 saturated carbocycles. The van der Waals surface area contributed by atoms with Crippen LogP contribution in [0.2, 0.25) is 0 Å². The molecule has 2 aromatic rings. The maximum Gasteiger partial charge on any atom is 0.119 e. The number of benzene rings is 2. The van der Waals surface area contributed by atoms with E-state index in [-0.39, 0.29) is 12.7 Å². The van der Waals surface area contributed by atoms with Crippen LogP contribution in [0.15, 0.2) is 48.5 Å². The third-order valence-corrected chi connectivity index (χ3v) is 5.78. The molecule has 2 aromatic carbocycles. The zero-order valence-electron chi connectivity index (χ0n) is 18.7. The van der Waals surface area contributed by atoms with E-state index < -0.39 is 6.10 Å². The minimum atomic E-state index is -0.550. The van der Waals surface area contributed by atoms with E-state index in [9.17, 15) is 5.11 Å². The molecular formula is C26H37NO3. The van der Waals surface area contributed by atoms with Crippen molar-refractivity contribution in [3.8, 4) is 5.75 Å². The number of ether oxygens (including phenoxy) is 2. The standard InChI is InChI=1S/C26H37NO3/c1-4-21-7-9-22(10-8-21)16-27(18-26-6-5-15-29-26)17-24(28)19-30-25-13-11-23(12-14-25)20(2)3/h7-14,20,24,26,28H,4-6,15-19H2,1-3H3. The molecule has 0 radical (unpaired) electrons. The van der Waals surface area contributed by atoms with E-state index >= 15 is 0 Å². The smallest absolute Gasteiger partial charge is 0.119 e. The molecule has 0 amide bonds. The van der Waals surface area contributed by atoms with Crippen molar-refractivity contribution in [2.45, 2.75) is 64.7 Å². The SMILES string of the molecule is CCc1ccc(CN(CC(O)COc2ccc(C(C)C)cc2)CC2CCCO2)cc1. The number of aliphatic hydroxyl groups excluding tert-OH is 1. The van der Waals surface area contributed by atoms with Gasteiger partial charge >= 0.3 is 0 Å². The van der Waals surface area contributed by atoms with Crippen molar-refractivity contribution in [1.29, 1.82) is 0 Å². The van der Waals surface area contributed by atoms with E-state index in [1.54, 1.807) is 0 Å². The number of aryl methyl sites for hydroxylation is 1. The van der Waals surface area contributed by atoms with Crippen molar-refractivity contribution in [1.82, 2.24) is 4.90 Å². The summed E-state index contributed by atoms with van der Waals surface area (Å²) in [6.45, 7) is 9.89. The van der Waals surface area contributed by atoms with Gasteiger partial charge in [-0.2, -0.15) is 0 Å². The van der Waals surface area contributed by atoms with Gasteiger partial charge in [-0.1, -0.05) is 57.2 Å². The minimum absolute atomic E-state index is 0.261. The Bertz CT molecular complexity index is 736. The first-order valence-electron chi connectivity index (χ1n) is 11.4. The van der Waals surface area contributed by atoms with Crippen molar-refractivity contribution in [3.63, 3.8) is 0 Å². The fraction of sp³-hybridized carbons (Fsp3) is 0.538. The first-order valence-corrected chi connectivity index (χ1v) is 11.4. The highest BCUT2D eigenvalue weighted by atomic mass is 16.5. The molecule has 2 unspecified atom stereocenters. The molecule has 1 fully saturated rings. The Kier molecular flexibility index (Phi) is 8.74. The summed E-state index contributed by atoms with van der Waals surface area (Å²) in [6.07, 6.45) is 2.98. The van der Waals surface area contributed by atoms with Crippen LogP contribution in [0.1, 0.15) is 56.2 Å². The summed E-state index contributed by atoms with van der Waals surface area (Å²) >= 11 is 0. The lowest BCUT2D eigenvalue weighted by atomic mass is 10.0. The fourth-order valence-corrected chi connectivity index (χ4v) is 3.91. The van der Waals surface area contributed by atoms with E-state index in [1.165, 1.54) is 16.7 Å². The van der Waals surface area contributed by atoms with Crippen LogP contribution in [0.4, 0.5) is 0 Å². The maximum absolute atomic E-state index is 10.7. The summed E-state index contributed by atoms with van der Waals surface area (Å²) in [4.78, 5) is 2.30. The second kappa shape index (κ2) is 11.5. The first kappa shape index (κ1) is 22.8. The molecule has 1 saturated heterocycles. The molecule has 3 rings (SSSR count). The Morgan fingerprint density at radius 3 is 2.37 bits per heavy atom. The summed E-state index contributed by atoms with van der Waals surface area (Å²) in [5.41, 5.74) is 3.91. The molecule has 4 heteroatoms. The predicted molar refractivity (Wildman–Crippen MR) is 122 cm³/mol. The van der Waals surface area contributed by atoms with Gasteiger partial charge < -0.3 is 14.6 Å². The average Bonchev–Trinajstić information content (AvgIpc) is 3.26. The monoisotopic (exact) mass is 411 g/mol. The molecule has 2 atom stereocenters. The quantitative estimate of drug-likeness (QED) is 0.577. The van der Waals surface area contributed by atoms with Crippen LogP contribution in [0, 0.1) is 0 Å². The Labute approximate surface area is 181 Å². The predicted octanol–water partition coefficient (Wildman–Crippen LogP) is 4.79. The number of rotatable bonds is 11. The van der Waals surface area contributed by atoms with Gasteiger partial charge in [-0.25, -0.2) is 0 Å². The third kappa shape index (κ3) is 7.12. The molecular weight excluding hydrogens is 374 g/mol. The molecule has 30 heavy (non-hydrogen) atoms. The van der Waals surface area contributed by atoms with Gasteiger partial charge in [0, 0.05) is 26.2 Å². The largest absolute Gasteiger partial charge is 0.491 e. The summed E-state index contributed by atoms with van der Waals surface area (Å²) in [5.74, 6) is 1.31. The molecule has 1 aliphatic heterocycles. The van der Waals surface area contributed by atoms with Crippen molar-refractivity contribution < 1.29 is 14.6 Å². The fourth-order valence-electron chi connectivity index (χ4n) is 3.91. The van der Waals surface area contributed by atoms with Crippen LogP contribution in [0.3, 0.4) is 0 Å². The Morgan fingerprint density at radius 1 is 1.07 bits per heavy atom. The van der Waals surface area contributed by atoms with Crippen molar-refractivity contribution >= 4 is 0 Å². The third-order valence-electron chi connectivity index (χ3n) is 5.78. The Balaban J connectivity index is 1.55. The van der Waals surface area contributed by atoms with Gasteiger partial charge in [0.25, 0.3) is 0 Å². The second-order valence-corrected chi connectivity index (χ2v) is 8.69. The maximum atomic E-state index is 10.7. The highest BCUT2D eigenvalue weighted by Gasteiger charge is 2.21. The van der Waals surface area contributed by atoms with Crippen molar-refractivity contribution in [2.24, 2.45) is 0 Å². The zero-order chi connectivity index (χ0) is 21.3. The summed E-state index contributed by atoms with van der Waals surface area (Å²) in [7, 11) is 0. The van der Waals surface area contributed by atoms with Crippen LogP contribution >= 0.6 is 0 Å². The van der Waals surface area contributed by atoms with Gasteiger partial charge in [0.2, 0.25) is 0 Å². The van der Waals surface area contributed by atoms with Crippen molar-refractivity contribution in [3.05, 3.63) is 65.2 Å². The minimum Gasteiger partial charge on any atom is -0.491 e. The molecule has 164 valence electrons. The van der Waals surface area contributed by atoms with Crippen molar-refractivity contribution in [2.75, 3.05) is 26.3 Å². The second-order valence-electron chi connectivity index (χ2n) is 8.69. The normalized spacial score (nSPS) is 17.6. The van der Waals surface area contributed by atoms with E-state index in [0.29, 0.717) is 12.5 Å². The Morgan fingerprint density at radius 2 is 1.77 bits per heavy atom. The van der Waals surface area contributed by atoms with E-state index in [4.69, 9.17) is 9.47 Å². The summed E-state index contributed by atoms with van der Waals surface area (Å²) < 4.78 is 11.7. The summed E-state index contributed by atoms with van der Waals surface area (Å²) in [5, 5.41) is 10.7. The van der Waals surface area contributed by atoms with Crippen LogP contribution < -0.4 is 4.74 Å². The van der Waals surface area contributed by atoms with E-state index in [1.807, 2.05) is 12.1 Å². The molecule has 0 spiro atoms. The van der Waals surface area contributed by atoms with Gasteiger partial charge in [-0.3, -0.25) is 4.90 Å². The highest BCUT2D eigenvalue weighted by Crippen LogP contribution is 2.19. The molecule has 1 aliphatic rings. The lowest BCUT2D eigenvalue weighted by molar-refractivity contribution is 0.0313. The van der Waals surface area contributed by atoms with Gasteiger partial charge in [-0.05, 0) is 54.0 Å². The molecule has 0 aromatic heterocycles. The van der Waals surface area contributed by atoms with Gasteiger partial charge in [0.15, 0.2) is 0 Å². The molecule has 1 heterocycles. The number of aliphatic hydroxyl groups is 1. The molecule has 0 aliphatic carbocycles. The number of hydrogen-bond acceptors (Lipinski definition) is 4. The number of nitrogens with zero attached hydrogens (tertiary/aromatic N) is 1. The van der Waals surface area contributed by atoms with E-state index in [2.05, 4.69) is 62.1 Å². The molecule has 1 N–H and O–H groups in total. The van der Waals surface area contributed by atoms with Crippen LogP contribution in [0.25, 0.3) is 0 Å². The highest BCUT2D eigenvalue weighted by molar-refractivity contribution is 5.29. The molecule has 4 nitrogen and oxygen atoms in total. The topological polar surface area (TPSA) is 41.9 Å². The summed E-state index contributed by atoms with van der Waals surface area (Å²) in [6, 6.07) is 16.9. The van der Waals surface area contributed by atoms with Crippen LogP contribution in [-0.4, -0.2) is 48.5 Å².